The Labute approximate surface area is 116 Å². The van der Waals surface area contributed by atoms with E-state index in [0.29, 0.717) is 18.9 Å². The van der Waals surface area contributed by atoms with Crippen molar-refractivity contribution in [3.63, 3.8) is 0 Å². The Morgan fingerprint density at radius 1 is 1.32 bits per heavy atom. The molecule has 4 nitrogen and oxygen atoms in total. The Balaban J connectivity index is 2.34. The smallest absolute Gasteiger partial charge is 0.225 e. The van der Waals surface area contributed by atoms with E-state index in [-0.39, 0.29) is 5.91 Å². The summed E-state index contributed by atoms with van der Waals surface area (Å²) >= 11 is 0. The lowest BCUT2D eigenvalue weighted by Gasteiger charge is -2.18. The van der Waals surface area contributed by atoms with Crippen LogP contribution in [-0.2, 0) is 11.3 Å². The van der Waals surface area contributed by atoms with Crippen LogP contribution in [0.4, 0.5) is 5.69 Å². The number of carbonyl (C=O) groups is 1. The molecule has 1 aromatic rings. The topological polar surface area (TPSA) is 58.4 Å². The number of rotatable bonds is 7. The van der Waals surface area contributed by atoms with E-state index in [1.165, 1.54) is 0 Å². The number of nitrogens with one attached hydrogen (secondary N) is 1. The summed E-state index contributed by atoms with van der Waals surface area (Å²) in [7, 11) is 2.04. The van der Waals surface area contributed by atoms with Crippen LogP contribution < -0.4 is 11.1 Å². The van der Waals surface area contributed by atoms with E-state index < -0.39 is 0 Å². The Hall–Kier alpha value is -1.39. The van der Waals surface area contributed by atoms with Gasteiger partial charge in [-0.3, -0.25) is 4.79 Å². The van der Waals surface area contributed by atoms with Crippen molar-refractivity contribution in [1.29, 1.82) is 0 Å². The van der Waals surface area contributed by atoms with Gasteiger partial charge in [0, 0.05) is 31.7 Å². The Morgan fingerprint density at radius 2 is 1.95 bits per heavy atom. The average molecular weight is 263 g/mol. The van der Waals surface area contributed by atoms with Gasteiger partial charge >= 0.3 is 0 Å². The maximum atomic E-state index is 11.8. The minimum atomic E-state index is 0.0519. The molecule has 0 spiro atoms. The first-order chi connectivity index (χ1) is 9.01. The molecule has 1 amide bonds. The quantitative estimate of drug-likeness (QED) is 0.791. The van der Waals surface area contributed by atoms with Gasteiger partial charge in [0.15, 0.2) is 0 Å². The zero-order chi connectivity index (χ0) is 14.3. The number of hydrogen-bond acceptors (Lipinski definition) is 3. The van der Waals surface area contributed by atoms with Crippen molar-refractivity contribution in [3.8, 4) is 0 Å². The summed E-state index contributed by atoms with van der Waals surface area (Å²) in [5.41, 5.74) is 7.42. The van der Waals surface area contributed by atoms with E-state index in [4.69, 9.17) is 5.73 Å². The van der Waals surface area contributed by atoms with Crippen molar-refractivity contribution < 1.29 is 4.79 Å². The number of amides is 1. The lowest BCUT2D eigenvalue weighted by Crippen LogP contribution is -2.27. The van der Waals surface area contributed by atoms with E-state index in [1.54, 1.807) is 0 Å². The molecule has 0 unspecified atom stereocenters. The summed E-state index contributed by atoms with van der Waals surface area (Å²) in [5.74, 6) is 0.674. The zero-order valence-corrected chi connectivity index (χ0v) is 12.1. The van der Waals surface area contributed by atoms with Crippen LogP contribution >= 0.6 is 0 Å². The number of nitrogens with zero attached hydrogens (tertiary/aromatic N) is 1. The molecule has 19 heavy (non-hydrogen) atoms. The normalized spacial score (nSPS) is 11.1. The molecule has 0 saturated heterocycles. The highest BCUT2D eigenvalue weighted by molar-refractivity contribution is 5.90. The third-order valence-corrected chi connectivity index (χ3v) is 2.87. The molecule has 1 aromatic carbocycles. The fraction of sp³-hybridized carbons (Fsp3) is 0.533. The van der Waals surface area contributed by atoms with Crippen molar-refractivity contribution >= 4 is 11.6 Å². The minimum Gasteiger partial charge on any atom is -0.326 e. The second-order valence-corrected chi connectivity index (χ2v) is 5.36. The fourth-order valence-corrected chi connectivity index (χ4v) is 1.95. The second kappa shape index (κ2) is 7.92. The van der Waals surface area contributed by atoms with Gasteiger partial charge in [-0.25, -0.2) is 0 Å². The van der Waals surface area contributed by atoms with Crippen molar-refractivity contribution in [1.82, 2.24) is 4.90 Å². The molecule has 0 aliphatic carbocycles. The van der Waals surface area contributed by atoms with Gasteiger partial charge in [0.1, 0.15) is 0 Å². The number of hydrogen-bond donors (Lipinski definition) is 2. The van der Waals surface area contributed by atoms with Crippen molar-refractivity contribution in [3.05, 3.63) is 29.8 Å². The average Bonchev–Trinajstić information content (AvgIpc) is 2.36. The standard InChI is InChI=1S/C15H25N3O/c1-12(2)11-18(3)9-8-15(19)17-14-6-4-13(10-16)5-7-14/h4-7,12H,8-11,16H2,1-3H3,(H,17,19). The van der Waals surface area contributed by atoms with Crippen molar-refractivity contribution in [2.75, 3.05) is 25.5 Å². The molecule has 0 aliphatic heterocycles. The van der Waals surface area contributed by atoms with Crippen LogP contribution in [-0.4, -0.2) is 30.9 Å². The molecular formula is C15H25N3O. The van der Waals surface area contributed by atoms with E-state index in [0.717, 1.165) is 24.3 Å². The van der Waals surface area contributed by atoms with Crippen LogP contribution in [0.5, 0.6) is 0 Å². The van der Waals surface area contributed by atoms with E-state index in [9.17, 15) is 4.79 Å². The van der Waals surface area contributed by atoms with Gasteiger partial charge in [-0.1, -0.05) is 26.0 Å². The van der Waals surface area contributed by atoms with Crippen LogP contribution in [0, 0.1) is 5.92 Å². The number of anilines is 1. The first kappa shape index (κ1) is 15.7. The third-order valence-electron chi connectivity index (χ3n) is 2.87. The fourth-order valence-electron chi connectivity index (χ4n) is 1.95. The lowest BCUT2D eigenvalue weighted by atomic mass is 10.2. The van der Waals surface area contributed by atoms with E-state index in [1.807, 2.05) is 31.3 Å². The highest BCUT2D eigenvalue weighted by Gasteiger charge is 2.06. The lowest BCUT2D eigenvalue weighted by molar-refractivity contribution is -0.116. The summed E-state index contributed by atoms with van der Waals surface area (Å²) in [6.07, 6.45) is 0.516. The van der Waals surface area contributed by atoms with Gasteiger partial charge in [-0.2, -0.15) is 0 Å². The first-order valence-corrected chi connectivity index (χ1v) is 6.78. The Bertz CT molecular complexity index is 387. The number of carbonyl (C=O) groups excluding carboxylic acids is 1. The Kier molecular flexibility index (Phi) is 6.53. The molecule has 0 atom stereocenters. The summed E-state index contributed by atoms with van der Waals surface area (Å²) in [6.45, 7) is 6.67. The SMILES string of the molecule is CC(C)CN(C)CCC(=O)Nc1ccc(CN)cc1. The van der Waals surface area contributed by atoms with Gasteiger partial charge in [0.2, 0.25) is 5.91 Å². The van der Waals surface area contributed by atoms with E-state index >= 15 is 0 Å². The molecular weight excluding hydrogens is 238 g/mol. The summed E-state index contributed by atoms with van der Waals surface area (Å²) in [4.78, 5) is 14.0. The van der Waals surface area contributed by atoms with Gasteiger partial charge in [-0.15, -0.1) is 0 Å². The monoisotopic (exact) mass is 263 g/mol. The van der Waals surface area contributed by atoms with Gasteiger partial charge < -0.3 is 16.0 Å². The summed E-state index contributed by atoms with van der Waals surface area (Å²) in [5, 5.41) is 2.90. The summed E-state index contributed by atoms with van der Waals surface area (Å²) in [6, 6.07) is 7.64. The van der Waals surface area contributed by atoms with Crippen LogP contribution in [0.15, 0.2) is 24.3 Å². The van der Waals surface area contributed by atoms with Gasteiger partial charge in [-0.05, 0) is 30.7 Å². The third kappa shape index (κ3) is 6.36. The molecule has 0 radical (unpaired) electrons. The molecule has 0 aliphatic rings. The zero-order valence-electron chi connectivity index (χ0n) is 12.1. The predicted octanol–water partition coefficient (Wildman–Crippen LogP) is 2.06. The molecule has 0 fully saturated rings. The van der Waals surface area contributed by atoms with Crippen LogP contribution in [0.1, 0.15) is 25.8 Å². The highest BCUT2D eigenvalue weighted by atomic mass is 16.1. The maximum absolute atomic E-state index is 11.8. The van der Waals surface area contributed by atoms with Crippen LogP contribution in [0.2, 0.25) is 0 Å². The maximum Gasteiger partial charge on any atom is 0.225 e. The van der Waals surface area contributed by atoms with Gasteiger partial charge in [0.25, 0.3) is 0 Å². The largest absolute Gasteiger partial charge is 0.326 e. The second-order valence-electron chi connectivity index (χ2n) is 5.36. The molecule has 0 saturated carbocycles. The van der Waals surface area contributed by atoms with E-state index in [2.05, 4.69) is 24.1 Å². The molecule has 0 aromatic heterocycles. The number of nitrogens with two attached hydrogens (primary N) is 1. The molecule has 0 bridgehead atoms. The van der Waals surface area contributed by atoms with Gasteiger partial charge in [0.05, 0.1) is 0 Å². The predicted molar refractivity (Wildman–Crippen MR) is 79.9 cm³/mol. The highest BCUT2D eigenvalue weighted by Crippen LogP contribution is 2.09. The molecule has 0 heterocycles. The van der Waals surface area contributed by atoms with Crippen molar-refractivity contribution in [2.45, 2.75) is 26.8 Å². The Morgan fingerprint density at radius 3 is 2.47 bits per heavy atom. The number of benzene rings is 1. The summed E-state index contributed by atoms with van der Waals surface area (Å²) < 4.78 is 0. The molecule has 1 rings (SSSR count). The molecule has 4 heteroatoms. The van der Waals surface area contributed by atoms with Crippen LogP contribution in [0.25, 0.3) is 0 Å². The first-order valence-electron chi connectivity index (χ1n) is 6.78. The molecule has 106 valence electrons. The minimum absolute atomic E-state index is 0.0519. The van der Waals surface area contributed by atoms with Crippen LogP contribution in [0.3, 0.4) is 0 Å². The molecule has 3 N–H and O–H groups in total. The van der Waals surface area contributed by atoms with Crippen molar-refractivity contribution in [2.24, 2.45) is 11.7 Å².